The topological polar surface area (TPSA) is 105 Å². The fourth-order valence-electron chi connectivity index (χ4n) is 1.84. The Kier molecular flexibility index (Phi) is 3.14. The number of aryl methyl sites for hydroxylation is 1. The van der Waals surface area contributed by atoms with Crippen LogP contribution in [-0.4, -0.2) is 40.5 Å². The molecule has 0 saturated carbocycles. The van der Waals surface area contributed by atoms with Gasteiger partial charge in [0.1, 0.15) is 11.1 Å². The lowest BCUT2D eigenvalue weighted by Gasteiger charge is -2.20. The van der Waals surface area contributed by atoms with Crippen molar-refractivity contribution in [1.29, 1.82) is 0 Å². The van der Waals surface area contributed by atoms with Gasteiger partial charge in [0.25, 0.3) is 0 Å². The lowest BCUT2D eigenvalue weighted by atomic mass is 10.2. The zero-order valence-electron chi connectivity index (χ0n) is 9.43. The maximum absolute atomic E-state index is 11.8. The average Bonchev–Trinajstić information content (AvgIpc) is 2.63. The molecule has 1 unspecified atom stereocenters. The Labute approximate surface area is 98.9 Å². The van der Waals surface area contributed by atoms with Crippen LogP contribution in [0.1, 0.15) is 25.1 Å². The second-order valence-corrected chi connectivity index (χ2v) is 6.39. The van der Waals surface area contributed by atoms with Crippen LogP contribution < -0.4 is 5.32 Å². The number of amides is 1. The molecule has 1 aromatic heterocycles. The van der Waals surface area contributed by atoms with E-state index in [2.05, 4.69) is 20.5 Å². The molecule has 1 aliphatic heterocycles. The predicted octanol–water partition coefficient (Wildman–Crippen LogP) is 0.0189. The summed E-state index contributed by atoms with van der Waals surface area (Å²) in [6, 6.07) is 0. The minimum atomic E-state index is -3.31. The summed E-state index contributed by atoms with van der Waals surface area (Å²) in [5, 5.41) is 7.76. The Balaban J connectivity index is 2.09. The van der Waals surface area contributed by atoms with Crippen LogP contribution in [0.15, 0.2) is 0 Å². The first-order valence-corrected chi connectivity index (χ1v) is 7.12. The number of nitrogens with one attached hydrogen (secondary N) is 2. The van der Waals surface area contributed by atoms with Gasteiger partial charge < -0.3 is 0 Å². The van der Waals surface area contributed by atoms with Crippen LogP contribution in [0, 0.1) is 6.92 Å². The molecule has 2 rings (SSSR count). The van der Waals surface area contributed by atoms with E-state index in [4.69, 9.17) is 0 Å². The lowest BCUT2D eigenvalue weighted by molar-refractivity contribution is -0.116. The Bertz CT molecular complexity index is 522. The molecule has 1 aliphatic rings. The summed E-state index contributed by atoms with van der Waals surface area (Å²) >= 11 is 0. The van der Waals surface area contributed by atoms with Gasteiger partial charge in [-0.3, -0.25) is 15.2 Å². The monoisotopic (exact) mass is 258 g/mol. The van der Waals surface area contributed by atoms with Gasteiger partial charge in [-0.25, -0.2) is 8.42 Å². The van der Waals surface area contributed by atoms with Crippen LogP contribution >= 0.6 is 0 Å². The summed E-state index contributed by atoms with van der Waals surface area (Å²) < 4.78 is 23.4. The fourth-order valence-corrected chi connectivity index (χ4v) is 3.64. The quantitative estimate of drug-likeness (QED) is 0.778. The Morgan fingerprint density at radius 2 is 2.24 bits per heavy atom. The predicted molar refractivity (Wildman–Crippen MR) is 61.2 cm³/mol. The number of nitrogens with zero attached hydrogens (tertiary/aromatic N) is 2. The molecule has 0 aromatic carbocycles. The van der Waals surface area contributed by atoms with E-state index in [0.29, 0.717) is 18.7 Å². The van der Waals surface area contributed by atoms with Gasteiger partial charge in [-0.2, -0.15) is 4.98 Å². The molecule has 1 fully saturated rings. The van der Waals surface area contributed by atoms with E-state index in [1.54, 1.807) is 6.92 Å². The highest BCUT2D eigenvalue weighted by atomic mass is 32.2. The third-order valence-corrected chi connectivity index (χ3v) is 4.88. The van der Waals surface area contributed by atoms with E-state index in [1.165, 1.54) is 0 Å². The highest BCUT2D eigenvalue weighted by Crippen LogP contribution is 2.20. The number of rotatable bonds is 2. The number of carbonyl (C=O) groups excluding carboxylic acids is 1. The Morgan fingerprint density at radius 1 is 1.47 bits per heavy atom. The van der Waals surface area contributed by atoms with Gasteiger partial charge in [0.05, 0.1) is 5.75 Å². The van der Waals surface area contributed by atoms with Crippen LogP contribution in [0.4, 0.5) is 5.95 Å². The molecule has 7 nitrogen and oxygen atoms in total. The largest absolute Gasteiger partial charge is 0.292 e. The van der Waals surface area contributed by atoms with Crippen molar-refractivity contribution in [2.45, 2.75) is 31.4 Å². The van der Waals surface area contributed by atoms with Crippen LogP contribution in [0.2, 0.25) is 0 Å². The molecule has 17 heavy (non-hydrogen) atoms. The number of carbonyl (C=O) groups is 1. The van der Waals surface area contributed by atoms with Crippen molar-refractivity contribution in [3.05, 3.63) is 5.82 Å². The molecule has 0 bridgehead atoms. The van der Waals surface area contributed by atoms with Gasteiger partial charge in [0.15, 0.2) is 9.84 Å². The SMILES string of the molecule is Cc1nc(NC(=O)C2CCCCS2(=O)=O)n[nH]1. The summed E-state index contributed by atoms with van der Waals surface area (Å²) in [7, 11) is -3.31. The van der Waals surface area contributed by atoms with Crippen LogP contribution in [0.25, 0.3) is 0 Å². The van der Waals surface area contributed by atoms with E-state index in [9.17, 15) is 13.2 Å². The molecule has 0 aliphatic carbocycles. The van der Waals surface area contributed by atoms with Crippen molar-refractivity contribution in [2.24, 2.45) is 0 Å². The first kappa shape index (κ1) is 12.0. The maximum atomic E-state index is 11.8. The van der Waals surface area contributed by atoms with Crippen molar-refractivity contribution < 1.29 is 13.2 Å². The van der Waals surface area contributed by atoms with E-state index in [1.807, 2.05) is 0 Å². The van der Waals surface area contributed by atoms with E-state index in [-0.39, 0.29) is 11.7 Å². The van der Waals surface area contributed by atoms with Gasteiger partial charge in [-0.05, 0) is 19.8 Å². The zero-order chi connectivity index (χ0) is 12.5. The van der Waals surface area contributed by atoms with Crippen molar-refractivity contribution >= 4 is 21.7 Å². The van der Waals surface area contributed by atoms with Gasteiger partial charge in [-0.1, -0.05) is 6.42 Å². The Morgan fingerprint density at radius 3 is 2.82 bits per heavy atom. The maximum Gasteiger partial charge on any atom is 0.248 e. The van der Waals surface area contributed by atoms with E-state index < -0.39 is 21.0 Å². The normalized spacial score (nSPS) is 23.2. The number of hydrogen-bond donors (Lipinski definition) is 2. The molecule has 1 amide bonds. The molecule has 8 heteroatoms. The van der Waals surface area contributed by atoms with Crippen molar-refractivity contribution in [2.75, 3.05) is 11.1 Å². The van der Waals surface area contributed by atoms with E-state index >= 15 is 0 Å². The second-order valence-electron chi connectivity index (χ2n) is 4.09. The molecule has 0 spiro atoms. The first-order valence-electron chi connectivity index (χ1n) is 5.40. The van der Waals surface area contributed by atoms with Crippen LogP contribution in [0.3, 0.4) is 0 Å². The van der Waals surface area contributed by atoms with Crippen molar-refractivity contribution in [3.63, 3.8) is 0 Å². The standard InChI is InChI=1S/C9H14N4O3S/c1-6-10-9(13-12-6)11-8(14)7-4-2-3-5-17(7,15)16/h7H,2-5H2,1H3,(H2,10,11,12,13,14). The molecular weight excluding hydrogens is 244 g/mol. The van der Waals surface area contributed by atoms with Crippen LogP contribution in [-0.2, 0) is 14.6 Å². The number of H-pyrrole nitrogens is 1. The summed E-state index contributed by atoms with van der Waals surface area (Å²) in [6.07, 6.45) is 1.76. The molecule has 1 aromatic rings. The molecule has 1 saturated heterocycles. The highest BCUT2D eigenvalue weighted by Gasteiger charge is 2.35. The smallest absolute Gasteiger partial charge is 0.248 e. The number of sulfone groups is 1. The lowest BCUT2D eigenvalue weighted by Crippen LogP contribution is -2.39. The third kappa shape index (κ3) is 2.63. The summed E-state index contributed by atoms with van der Waals surface area (Å²) in [6.45, 7) is 1.69. The zero-order valence-corrected chi connectivity index (χ0v) is 10.2. The third-order valence-electron chi connectivity index (χ3n) is 2.70. The molecule has 2 N–H and O–H groups in total. The first-order chi connectivity index (χ1) is 7.99. The summed E-state index contributed by atoms with van der Waals surface area (Å²) in [4.78, 5) is 15.7. The average molecular weight is 258 g/mol. The van der Waals surface area contributed by atoms with Gasteiger partial charge in [0, 0.05) is 0 Å². The van der Waals surface area contributed by atoms with Gasteiger partial charge >= 0.3 is 0 Å². The van der Waals surface area contributed by atoms with Gasteiger partial charge in [-0.15, -0.1) is 5.10 Å². The summed E-state index contributed by atoms with van der Waals surface area (Å²) in [5.74, 6) is 0.224. The minimum absolute atomic E-state index is 0.0815. The number of aromatic nitrogens is 3. The number of anilines is 1. The highest BCUT2D eigenvalue weighted by molar-refractivity contribution is 7.92. The van der Waals surface area contributed by atoms with Crippen LogP contribution in [0.5, 0.6) is 0 Å². The van der Waals surface area contributed by atoms with Gasteiger partial charge in [0.2, 0.25) is 11.9 Å². The minimum Gasteiger partial charge on any atom is -0.292 e. The van der Waals surface area contributed by atoms with E-state index in [0.717, 1.165) is 6.42 Å². The second kappa shape index (κ2) is 4.44. The molecule has 1 atom stereocenters. The molecular formula is C9H14N4O3S. The number of hydrogen-bond acceptors (Lipinski definition) is 5. The summed E-state index contributed by atoms with van der Waals surface area (Å²) in [5.41, 5.74) is 0. The Hall–Kier alpha value is -1.44. The molecule has 0 radical (unpaired) electrons. The molecule has 2 heterocycles. The van der Waals surface area contributed by atoms with Crippen molar-refractivity contribution in [1.82, 2.24) is 15.2 Å². The molecule has 94 valence electrons. The fraction of sp³-hybridized carbons (Fsp3) is 0.667. The van der Waals surface area contributed by atoms with Crippen molar-refractivity contribution in [3.8, 4) is 0 Å². The number of aromatic amines is 1.